The number of carbonyl (C=O) groups excluding carboxylic acids is 11. The Morgan fingerprint density at radius 1 is 0.511 bits per heavy atom. The predicted octanol–water partition coefficient (Wildman–Crippen LogP) is 6.56. The number of rotatable bonds is 17. The molecule has 0 saturated carbocycles. The summed E-state index contributed by atoms with van der Waals surface area (Å²) in [5.41, 5.74) is 0. The number of methoxy groups -OCH3 is 1. The molecule has 21 heteroatoms. The molecule has 2 N–H and O–H groups in total. The lowest BCUT2D eigenvalue weighted by Crippen LogP contribution is -2.63. The second-order valence-corrected chi connectivity index (χ2v) is 27.5. The number of nitrogens with zero attached hydrogens (tertiary/aromatic N) is 7. The third-order valence-electron chi connectivity index (χ3n) is 18.1. The highest BCUT2D eigenvalue weighted by Crippen LogP contribution is 2.30. The molecule has 88 heavy (non-hydrogen) atoms. The SMILES string of the molecule is C/C=C/C[C@@H](C)[C@@H](O)[C@H]1C(=O)N[C@@H](CC)C(=O)N(C)[C@H](C)C(=O)N(C)[C@@H]([C@H](C)CCOC)C(=O)C[C@@H](C(C)C)C(=O)N(C)[C@@H](CC(C)C)C(=O)C[C@@H](C)C(=O)C[C@H](C)C(=O)N(C)[C@@H](CC(C)C)C(=O)N(C)[C@@H](CC(C)C)C(=O)N(C)[C@@H](C(C)C)C(=O)N1C. The van der Waals surface area contributed by atoms with E-state index >= 15 is 14.4 Å². The summed E-state index contributed by atoms with van der Waals surface area (Å²) in [5, 5.41) is 15.0. The van der Waals surface area contributed by atoms with Crippen LogP contribution in [0.25, 0.3) is 0 Å². The fourth-order valence-electron chi connectivity index (χ4n) is 12.1. The summed E-state index contributed by atoms with van der Waals surface area (Å²) in [7, 11) is 11.7. The molecule has 0 aliphatic carbocycles. The number of Topliss-reactive ketones (excluding diaryl/α,β-unsaturated/α-hetero) is 3. The Kier molecular flexibility index (Phi) is 33.8. The van der Waals surface area contributed by atoms with Gasteiger partial charge in [-0.15, -0.1) is 0 Å². The lowest BCUT2D eigenvalue weighted by Gasteiger charge is -2.41. The maximum Gasteiger partial charge on any atom is 0.246 e. The topological polar surface area (TPSA) is 252 Å². The van der Waals surface area contributed by atoms with Crippen molar-refractivity contribution in [3.63, 3.8) is 0 Å². The predicted molar refractivity (Wildman–Crippen MR) is 343 cm³/mol. The number of amides is 8. The van der Waals surface area contributed by atoms with E-state index in [2.05, 4.69) is 5.32 Å². The molecule has 1 rings (SSSR count). The molecule has 8 amide bonds. The number of likely N-dealkylation sites (N-methyl/N-ethyl adjacent to an activating group) is 7. The Labute approximate surface area is 529 Å². The zero-order valence-corrected chi connectivity index (χ0v) is 58.7. The molecule has 1 aliphatic rings. The number of ether oxygens (including phenoxy) is 1. The van der Waals surface area contributed by atoms with Gasteiger partial charge in [0, 0.05) is 100 Å². The van der Waals surface area contributed by atoms with Crippen LogP contribution >= 0.6 is 0 Å². The van der Waals surface area contributed by atoms with Crippen molar-refractivity contribution in [3.05, 3.63) is 12.2 Å². The normalized spacial score (nSPS) is 27.8. The average molecular weight is 1240 g/mol. The van der Waals surface area contributed by atoms with Gasteiger partial charge in [0.25, 0.3) is 0 Å². The summed E-state index contributed by atoms with van der Waals surface area (Å²) in [6.45, 7) is 30.4. The van der Waals surface area contributed by atoms with Crippen LogP contribution in [0.3, 0.4) is 0 Å². The largest absolute Gasteiger partial charge is 0.390 e. The van der Waals surface area contributed by atoms with Crippen LogP contribution in [0.15, 0.2) is 12.2 Å². The Morgan fingerprint density at radius 2 is 0.966 bits per heavy atom. The summed E-state index contributed by atoms with van der Waals surface area (Å²) in [5.74, 6) is -11.3. The summed E-state index contributed by atoms with van der Waals surface area (Å²) in [6.07, 6.45) is 2.60. The second kappa shape index (κ2) is 36.9. The first kappa shape index (κ1) is 80.4. The fourth-order valence-corrected chi connectivity index (χ4v) is 12.1. The number of hydrogen-bond acceptors (Lipinski definition) is 13. The molecule has 0 aromatic heterocycles. The van der Waals surface area contributed by atoms with E-state index in [0.717, 1.165) is 4.90 Å². The molecule has 1 aliphatic heterocycles. The van der Waals surface area contributed by atoms with Crippen molar-refractivity contribution in [2.24, 2.45) is 59.2 Å². The number of carbonyl (C=O) groups is 11. The van der Waals surface area contributed by atoms with Gasteiger partial charge in [0.2, 0.25) is 47.3 Å². The van der Waals surface area contributed by atoms with Crippen LogP contribution in [0.5, 0.6) is 0 Å². The number of aliphatic hydroxyl groups excluding tert-OH is 1. The zero-order valence-electron chi connectivity index (χ0n) is 58.7. The quantitative estimate of drug-likeness (QED) is 0.147. The molecular weight excluding hydrogens is 1120 g/mol. The molecule has 1 heterocycles. The Bertz CT molecular complexity index is 2390. The van der Waals surface area contributed by atoms with E-state index in [0.29, 0.717) is 12.8 Å². The van der Waals surface area contributed by atoms with Gasteiger partial charge in [-0.2, -0.15) is 0 Å². The molecule has 1 fully saturated rings. The van der Waals surface area contributed by atoms with Gasteiger partial charge in [-0.05, 0) is 93.8 Å². The van der Waals surface area contributed by atoms with Crippen molar-refractivity contribution in [2.45, 2.75) is 230 Å². The van der Waals surface area contributed by atoms with Gasteiger partial charge in [-0.25, -0.2) is 0 Å². The second-order valence-electron chi connectivity index (χ2n) is 27.5. The maximum absolute atomic E-state index is 15.2. The maximum atomic E-state index is 15.2. The van der Waals surface area contributed by atoms with Crippen LogP contribution in [0.1, 0.15) is 175 Å². The van der Waals surface area contributed by atoms with Crippen molar-refractivity contribution in [1.82, 2.24) is 39.6 Å². The minimum absolute atomic E-state index is 0.0194. The zero-order chi connectivity index (χ0) is 68.3. The van der Waals surface area contributed by atoms with E-state index in [1.807, 2.05) is 54.5 Å². The van der Waals surface area contributed by atoms with Crippen molar-refractivity contribution in [3.8, 4) is 0 Å². The molecule has 0 radical (unpaired) electrons. The van der Waals surface area contributed by atoms with Crippen LogP contribution < -0.4 is 5.32 Å². The first-order valence-corrected chi connectivity index (χ1v) is 32.2. The van der Waals surface area contributed by atoms with E-state index < -0.39 is 149 Å². The third-order valence-corrected chi connectivity index (χ3v) is 18.1. The average Bonchev–Trinajstić information content (AvgIpc) is 3.25. The molecule has 1 saturated heterocycles. The van der Waals surface area contributed by atoms with Crippen molar-refractivity contribution in [1.29, 1.82) is 0 Å². The van der Waals surface area contributed by atoms with Gasteiger partial charge >= 0.3 is 0 Å². The summed E-state index contributed by atoms with van der Waals surface area (Å²) < 4.78 is 5.40. The number of hydrogen-bond donors (Lipinski definition) is 2. The highest BCUT2D eigenvalue weighted by Gasteiger charge is 2.46. The smallest absolute Gasteiger partial charge is 0.246 e. The number of ketones is 3. The van der Waals surface area contributed by atoms with Crippen LogP contribution in [0.2, 0.25) is 0 Å². The standard InChI is InChI=1S/C67H118N8O13/c1-26-28-29-44(14)59(79)58-60(80)68-49(27-2)64(84)69(18)47(17)62(82)74(23)57(43(13)30-31-88-25)55(78)37-48(41(9)10)63(83)70(19)50(32-38(3)4)54(77)35-45(15)53(76)36-46(16)61(81)71(20)51(33-39(5)6)65(85)72(21)52(34-40(7)8)66(86)73(22)56(42(11)12)67(87)75(58)24/h26,28,38-52,56-59,79H,27,29-37H2,1-25H3,(H,68,80)/b28-26+/t43-,44-,45-,46+,47-,48+,49+,50+,51+,52+,56+,57+,58+,59-/m1/s1. The third kappa shape index (κ3) is 21.8. The van der Waals surface area contributed by atoms with E-state index in [9.17, 15) is 43.5 Å². The van der Waals surface area contributed by atoms with Crippen LogP contribution in [-0.2, 0) is 57.5 Å². The van der Waals surface area contributed by atoms with Gasteiger partial charge in [-0.1, -0.05) is 116 Å². The molecule has 504 valence electrons. The van der Waals surface area contributed by atoms with E-state index in [4.69, 9.17) is 4.74 Å². The summed E-state index contributed by atoms with van der Waals surface area (Å²) >= 11 is 0. The van der Waals surface area contributed by atoms with Crippen LogP contribution in [0, 0.1) is 59.2 Å². The van der Waals surface area contributed by atoms with E-state index in [1.165, 1.54) is 92.8 Å². The number of aliphatic hydroxyl groups is 1. The van der Waals surface area contributed by atoms with Gasteiger partial charge in [0.05, 0.1) is 18.2 Å². The fraction of sp³-hybridized carbons (Fsp3) is 0.806. The molecule has 21 nitrogen and oxygen atoms in total. The Balaban J connectivity index is 4.42. The van der Waals surface area contributed by atoms with Crippen LogP contribution in [0.4, 0.5) is 0 Å². The Hall–Kier alpha value is -5.57. The molecular formula is C67H118N8O13. The lowest BCUT2D eigenvalue weighted by molar-refractivity contribution is -0.157. The summed E-state index contributed by atoms with van der Waals surface area (Å²) in [6, 6.07) is -9.65. The van der Waals surface area contributed by atoms with Crippen molar-refractivity contribution in [2.75, 3.05) is 63.1 Å². The monoisotopic (exact) mass is 1240 g/mol. The lowest BCUT2D eigenvalue weighted by atomic mass is 9.83. The highest BCUT2D eigenvalue weighted by molar-refractivity contribution is 6.00. The van der Waals surface area contributed by atoms with Gasteiger partial charge < -0.3 is 49.5 Å². The molecule has 0 aromatic carbocycles. The van der Waals surface area contributed by atoms with Gasteiger partial charge in [0.1, 0.15) is 42.0 Å². The van der Waals surface area contributed by atoms with E-state index in [1.54, 1.807) is 68.4 Å². The number of nitrogens with one attached hydrogen (secondary N) is 1. The molecule has 14 atom stereocenters. The molecule has 0 unspecified atom stereocenters. The van der Waals surface area contributed by atoms with Gasteiger partial charge in [0.15, 0.2) is 11.6 Å². The highest BCUT2D eigenvalue weighted by atomic mass is 16.5. The summed E-state index contributed by atoms with van der Waals surface area (Å²) in [4.78, 5) is 172. The van der Waals surface area contributed by atoms with Crippen LogP contribution in [-0.4, -0.2) is 222 Å². The minimum atomic E-state index is -1.61. The molecule has 0 bridgehead atoms. The van der Waals surface area contributed by atoms with Crippen molar-refractivity contribution >= 4 is 64.6 Å². The minimum Gasteiger partial charge on any atom is -0.390 e. The van der Waals surface area contributed by atoms with Crippen molar-refractivity contribution < 1.29 is 62.6 Å². The Morgan fingerprint density at radius 3 is 1.43 bits per heavy atom. The molecule has 0 spiro atoms. The number of allylic oxidation sites excluding steroid dienone is 2. The first-order chi connectivity index (χ1) is 40.7. The molecule has 0 aromatic rings. The van der Waals surface area contributed by atoms with Gasteiger partial charge in [-0.3, -0.25) is 52.7 Å². The first-order valence-electron chi connectivity index (χ1n) is 32.2. The van der Waals surface area contributed by atoms with E-state index in [-0.39, 0.29) is 80.9 Å².